The maximum absolute atomic E-state index is 5.43. The molecule has 0 saturated heterocycles. The van der Waals surface area contributed by atoms with E-state index >= 15 is 0 Å². The van der Waals surface area contributed by atoms with E-state index in [1.165, 1.54) is 12.8 Å². The van der Waals surface area contributed by atoms with Gasteiger partial charge in [0, 0.05) is 18.4 Å². The van der Waals surface area contributed by atoms with E-state index in [2.05, 4.69) is 37.7 Å². The molecule has 0 radical (unpaired) electrons. The lowest BCUT2D eigenvalue weighted by molar-refractivity contribution is 0.360. The summed E-state index contributed by atoms with van der Waals surface area (Å²) in [7, 11) is 0. The van der Waals surface area contributed by atoms with Gasteiger partial charge in [-0.2, -0.15) is 20.1 Å². The van der Waals surface area contributed by atoms with Gasteiger partial charge < -0.3 is 5.32 Å². The lowest BCUT2D eigenvalue weighted by Crippen LogP contribution is -2.27. The Bertz CT molecular complexity index is 574. The van der Waals surface area contributed by atoms with Gasteiger partial charge in [-0.3, -0.25) is 5.43 Å². The molecule has 0 spiro atoms. The van der Waals surface area contributed by atoms with E-state index in [9.17, 15) is 0 Å². The third kappa shape index (κ3) is 3.27. The summed E-state index contributed by atoms with van der Waals surface area (Å²) in [5.74, 6) is 7.53. The molecule has 1 aliphatic carbocycles. The number of nitrogens with one attached hydrogen (secondary N) is 2. The summed E-state index contributed by atoms with van der Waals surface area (Å²) in [6.45, 7) is 2.30. The van der Waals surface area contributed by atoms with Crippen LogP contribution in [0.3, 0.4) is 0 Å². The highest BCUT2D eigenvalue weighted by Crippen LogP contribution is 2.25. The molecule has 8 heteroatoms. The third-order valence-corrected chi connectivity index (χ3v) is 3.81. The van der Waals surface area contributed by atoms with E-state index in [1.54, 1.807) is 17.1 Å². The van der Waals surface area contributed by atoms with Crippen molar-refractivity contribution in [2.45, 2.75) is 38.6 Å². The maximum Gasteiger partial charge on any atom is 0.257 e. The van der Waals surface area contributed by atoms with Gasteiger partial charge in [0.05, 0.1) is 0 Å². The Labute approximate surface area is 123 Å². The molecule has 0 bridgehead atoms. The van der Waals surface area contributed by atoms with Crippen LogP contribution in [-0.4, -0.2) is 30.8 Å². The molecule has 112 valence electrons. The van der Waals surface area contributed by atoms with Gasteiger partial charge >= 0.3 is 0 Å². The van der Waals surface area contributed by atoms with Gasteiger partial charge in [-0.05, 0) is 37.7 Å². The normalized spacial score (nSPS) is 22.0. The highest BCUT2D eigenvalue weighted by molar-refractivity contribution is 5.37. The smallest absolute Gasteiger partial charge is 0.257 e. The Morgan fingerprint density at radius 1 is 1.14 bits per heavy atom. The summed E-state index contributed by atoms with van der Waals surface area (Å²) in [6.07, 6.45) is 8.19. The SMILES string of the molecule is CC1CCC(Nc2nc(NN)nc(-n3cccn3)n2)CC1. The lowest BCUT2D eigenvalue weighted by atomic mass is 9.87. The Hall–Kier alpha value is -2.22. The van der Waals surface area contributed by atoms with Crippen molar-refractivity contribution in [2.75, 3.05) is 10.7 Å². The zero-order valence-electron chi connectivity index (χ0n) is 12.0. The average Bonchev–Trinajstić information content (AvgIpc) is 3.04. The summed E-state index contributed by atoms with van der Waals surface area (Å²) in [4.78, 5) is 12.9. The van der Waals surface area contributed by atoms with Crippen LogP contribution in [0.5, 0.6) is 0 Å². The topological polar surface area (TPSA) is 107 Å². The average molecular weight is 288 g/mol. The molecule has 4 N–H and O–H groups in total. The number of anilines is 2. The quantitative estimate of drug-likeness (QED) is 0.575. The second-order valence-corrected chi connectivity index (χ2v) is 5.48. The maximum atomic E-state index is 5.43. The van der Waals surface area contributed by atoms with Crippen LogP contribution in [0.2, 0.25) is 0 Å². The zero-order chi connectivity index (χ0) is 14.7. The zero-order valence-corrected chi connectivity index (χ0v) is 12.0. The number of nitrogen functional groups attached to an aromatic ring is 1. The van der Waals surface area contributed by atoms with E-state index in [1.807, 2.05) is 6.07 Å². The molecule has 1 aliphatic rings. The Morgan fingerprint density at radius 2 is 1.90 bits per heavy atom. The van der Waals surface area contributed by atoms with Gasteiger partial charge in [0.25, 0.3) is 5.95 Å². The molecular weight excluding hydrogens is 268 g/mol. The Morgan fingerprint density at radius 3 is 2.57 bits per heavy atom. The molecule has 2 aromatic rings. The number of nitrogens with two attached hydrogens (primary N) is 1. The monoisotopic (exact) mass is 288 g/mol. The minimum atomic E-state index is 0.321. The van der Waals surface area contributed by atoms with Gasteiger partial charge in [-0.15, -0.1) is 0 Å². The summed E-state index contributed by atoms with van der Waals surface area (Å²) >= 11 is 0. The molecule has 2 heterocycles. The molecular formula is C13H20N8. The van der Waals surface area contributed by atoms with E-state index in [0.717, 1.165) is 18.8 Å². The first kappa shape index (κ1) is 13.7. The molecule has 0 atom stereocenters. The van der Waals surface area contributed by atoms with E-state index < -0.39 is 0 Å². The van der Waals surface area contributed by atoms with Crippen LogP contribution in [0, 0.1) is 5.92 Å². The van der Waals surface area contributed by atoms with Gasteiger partial charge in [0.15, 0.2) is 0 Å². The molecule has 3 rings (SSSR count). The number of hydrogen-bond donors (Lipinski definition) is 3. The van der Waals surface area contributed by atoms with Crippen LogP contribution in [0.4, 0.5) is 11.9 Å². The van der Waals surface area contributed by atoms with Gasteiger partial charge in [-0.25, -0.2) is 10.5 Å². The second kappa shape index (κ2) is 6.04. The summed E-state index contributed by atoms with van der Waals surface area (Å²) in [5.41, 5.74) is 2.47. The van der Waals surface area contributed by atoms with E-state index in [0.29, 0.717) is 23.9 Å². The minimum absolute atomic E-state index is 0.321. The Kier molecular flexibility index (Phi) is 3.96. The van der Waals surface area contributed by atoms with Crippen LogP contribution in [-0.2, 0) is 0 Å². The van der Waals surface area contributed by atoms with Crippen molar-refractivity contribution < 1.29 is 0 Å². The van der Waals surface area contributed by atoms with Crippen molar-refractivity contribution in [3.63, 3.8) is 0 Å². The van der Waals surface area contributed by atoms with Crippen LogP contribution in [0.1, 0.15) is 32.6 Å². The molecule has 8 nitrogen and oxygen atoms in total. The predicted molar refractivity (Wildman–Crippen MR) is 79.8 cm³/mol. The van der Waals surface area contributed by atoms with Crippen LogP contribution in [0.25, 0.3) is 5.95 Å². The predicted octanol–water partition coefficient (Wildman–Crippen LogP) is 1.33. The molecule has 1 saturated carbocycles. The fraction of sp³-hybridized carbons (Fsp3) is 0.538. The highest BCUT2D eigenvalue weighted by atomic mass is 15.4. The molecule has 0 amide bonds. The van der Waals surface area contributed by atoms with E-state index in [4.69, 9.17) is 5.84 Å². The number of hydrogen-bond acceptors (Lipinski definition) is 7. The molecule has 1 fully saturated rings. The summed E-state index contributed by atoms with van der Waals surface area (Å²) in [5, 5.41) is 7.51. The van der Waals surface area contributed by atoms with Crippen molar-refractivity contribution >= 4 is 11.9 Å². The number of nitrogens with zero attached hydrogens (tertiary/aromatic N) is 5. The van der Waals surface area contributed by atoms with Crippen molar-refractivity contribution in [1.29, 1.82) is 0 Å². The molecule has 0 unspecified atom stereocenters. The number of rotatable bonds is 4. The molecule has 21 heavy (non-hydrogen) atoms. The molecule has 0 aromatic carbocycles. The lowest BCUT2D eigenvalue weighted by Gasteiger charge is -2.26. The number of hydrazine groups is 1. The Balaban J connectivity index is 1.79. The minimum Gasteiger partial charge on any atom is -0.351 e. The summed E-state index contributed by atoms with van der Waals surface area (Å²) < 4.78 is 1.58. The first-order valence-corrected chi connectivity index (χ1v) is 7.24. The second-order valence-electron chi connectivity index (χ2n) is 5.48. The van der Waals surface area contributed by atoms with Crippen LogP contribution < -0.4 is 16.6 Å². The van der Waals surface area contributed by atoms with E-state index in [-0.39, 0.29) is 0 Å². The highest BCUT2D eigenvalue weighted by Gasteiger charge is 2.19. The first-order valence-electron chi connectivity index (χ1n) is 7.24. The summed E-state index contributed by atoms with van der Waals surface area (Å²) in [6, 6.07) is 2.22. The van der Waals surface area contributed by atoms with Crippen molar-refractivity contribution in [1.82, 2.24) is 24.7 Å². The van der Waals surface area contributed by atoms with Crippen molar-refractivity contribution in [3.05, 3.63) is 18.5 Å². The van der Waals surface area contributed by atoms with Gasteiger partial charge in [-0.1, -0.05) is 6.92 Å². The molecule has 2 aromatic heterocycles. The van der Waals surface area contributed by atoms with Crippen molar-refractivity contribution in [2.24, 2.45) is 11.8 Å². The fourth-order valence-electron chi connectivity index (χ4n) is 2.57. The standard InChI is InChI=1S/C13H20N8/c1-9-3-5-10(6-4-9)16-11-17-12(20-14)19-13(18-11)21-8-2-7-15-21/h2,7-10H,3-6,14H2,1H3,(H2,16,17,18,19,20). The van der Waals surface area contributed by atoms with Crippen LogP contribution >= 0.6 is 0 Å². The van der Waals surface area contributed by atoms with Gasteiger partial charge in [0.2, 0.25) is 11.9 Å². The van der Waals surface area contributed by atoms with Crippen LogP contribution in [0.15, 0.2) is 18.5 Å². The van der Waals surface area contributed by atoms with Crippen molar-refractivity contribution in [3.8, 4) is 5.95 Å². The third-order valence-electron chi connectivity index (χ3n) is 3.81. The molecule has 0 aliphatic heterocycles. The number of aromatic nitrogens is 5. The first-order chi connectivity index (χ1) is 10.2. The van der Waals surface area contributed by atoms with Gasteiger partial charge in [0.1, 0.15) is 0 Å². The largest absolute Gasteiger partial charge is 0.351 e. The fourth-order valence-corrected chi connectivity index (χ4v) is 2.57.